The number of hydrogen-bond acceptors (Lipinski definition) is 4. The Morgan fingerprint density at radius 1 is 0.816 bits per heavy atom. The van der Waals surface area contributed by atoms with Gasteiger partial charge in [-0.2, -0.15) is 13.2 Å². The number of carbonyl (C=O) groups excluding carboxylic acids is 2. The van der Waals surface area contributed by atoms with E-state index in [1.54, 1.807) is 57.2 Å². The first-order valence-electron chi connectivity index (χ1n) is 15.0. The second kappa shape index (κ2) is 15.8. The first-order valence-corrected chi connectivity index (χ1v) is 17.6. The number of nitrogens with zero attached hydrogens (tertiary/aromatic N) is 2. The molecule has 14 heteroatoms. The van der Waals surface area contributed by atoms with Gasteiger partial charge in [0.05, 0.1) is 31.2 Å². The van der Waals surface area contributed by atoms with Crippen LogP contribution >= 0.6 is 34.8 Å². The molecule has 0 heterocycles. The van der Waals surface area contributed by atoms with Gasteiger partial charge in [-0.1, -0.05) is 88.9 Å². The van der Waals surface area contributed by atoms with Gasteiger partial charge in [0, 0.05) is 19.0 Å². The van der Waals surface area contributed by atoms with Gasteiger partial charge in [-0.3, -0.25) is 13.9 Å². The van der Waals surface area contributed by atoms with Crippen molar-refractivity contribution in [1.82, 2.24) is 10.2 Å². The molecule has 0 radical (unpaired) electrons. The lowest BCUT2D eigenvalue weighted by molar-refractivity contribution is -0.140. The molecule has 1 N–H and O–H groups in total. The summed E-state index contributed by atoms with van der Waals surface area (Å²) in [4.78, 5) is 29.2. The maximum atomic E-state index is 14.5. The number of nitrogens with one attached hydrogen (secondary N) is 1. The zero-order chi connectivity index (χ0) is 36.1. The monoisotopic (exact) mass is 753 g/mol. The second-order valence-corrected chi connectivity index (χ2v) is 14.7. The molecule has 0 aliphatic heterocycles. The van der Waals surface area contributed by atoms with Crippen molar-refractivity contribution in [2.75, 3.05) is 10.8 Å². The van der Waals surface area contributed by atoms with Crippen LogP contribution in [-0.2, 0) is 38.8 Å². The third-order valence-corrected chi connectivity index (χ3v) is 10.3. The minimum atomic E-state index is -4.92. The van der Waals surface area contributed by atoms with E-state index in [1.165, 1.54) is 41.3 Å². The predicted octanol–water partition coefficient (Wildman–Crippen LogP) is 8.33. The lowest BCUT2D eigenvalue weighted by atomic mass is 10.0. The van der Waals surface area contributed by atoms with Crippen LogP contribution in [0.4, 0.5) is 18.9 Å². The number of rotatable bonds is 12. The summed E-state index contributed by atoms with van der Waals surface area (Å²) in [6.07, 6.45) is -4.89. The average Bonchev–Trinajstić information content (AvgIpc) is 3.03. The molecule has 0 saturated heterocycles. The highest BCUT2D eigenvalue weighted by molar-refractivity contribution is 7.92. The molecule has 0 aliphatic carbocycles. The molecule has 260 valence electrons. The van der Waals surface area contributed by atoms with Gasteiger partial charge in [0.15, 0.2) is 0 Å². The molecule has 0 bridgehead atoms. The molecule has 0 aromatic heterocycles. The Balaban J connectivity index is 1.88. The maximum absolute atomic E-state index is 14.5. The molecule has 0 aliphatic rings. The fraction of sp³-hybridized carbons (Fsp3) is 0.257. The van der Waals surface area contributed by atoms with Crippen molar-refractivity contribution in [3.63, 3.8) is 0 Å². The van der Waals surface area contributed by atoms with Gasteiger partial charge in [-0.25, -0.2) is 8.42 Å². The van der Waals surface area contributed by atoms with Crippen LogP contribution in [0.5, 0.6) is 0 Å². The van der Waals surface area contributed by atoms with E-state index in [4.69, 9.17) is 34.8 Å². The number of hydrogen-bond donors (Lipinski definition) is 1. The molecule has 0 unspecified atom stereocenters. The maximum Gasteiger partial charge on any atom is 0.417 e. The number of anilines is 1. The summed E-state index contributed by atoms with van der Waals surface area (Å²) in [5, 5.41) is 2.61. The Bertz CT molecular complexity index is 1910. The van der Waals surface area contributed by atoms with E-state index < -0.39 is 56.9 Å². The number of carbonyl (C=O) groups is 2. The second-order valence-electron chi connectivity index (χ2n) is 11.6. The number of alkyl halides is 3. The Kier molecular flexibility index (Phi) is 12.3. The van der Waals surface area contributed by atoms with Crippen molar-refractivity contribution in [2.45, 2.75) is 56.9 Å². The van der Waals surface area contributed by atoms with E-state index in [9.17, 15) is 31.2 Å². The third kappa shape index (κ3) is 9.69. The number of amides is 2. The molecule has 4 aromatic rings. The molecular weight excluding hydrogens is 722 g/mol. The van der Waals surface area contributed by atoms with Crippen molar-refractivity contribution in [2.24, 2.45) is 0 Å². The summed E-state index contributed by atoms with van der Waals surface area (Å²) in [5.74, 6) is -1.39. The first-order chi connectivity index (χ1) is 23.0. The van der Waals surface area contributed by atoms with Gasteiger partial charge < -0.3 is 10.2 Å². The molecular formula is C35H33Cl3F3N3O4S. The van der Waals surface area contributed by atoms with Gasteiger partial charge in [-0.15, -0.1) is 0 Å². The Labute approximate surface area is 298 Å². The van der Waals surface area contributed by atoms with Crippen LogP contribution in [0.25, 0.3) is 0 Å². The van der Waals surface area contributed by atoms with Crippen molar-refractivity contribution < 1.29 is 31.2 Å². The van der Waals surface area contributed by atoms with Crippen LogP contribution < -0.4 is 9.62 Å². The summed E-state index contributed by atoms with van der Waals surface area (Å²) in [6.45, 7) is 4.05. The van der Waals surface area contributed by atoms with E-state index in [0.717, 1.165) is 17.7 Å². The topological polar surface area (TPSA) is 86.8 Å². The van der Waals surface area contributed by atoms with Crippen LogP contribution in [-0.4, -0.2) is 43.8 Å². The van der Waals surface area contributed by atoms with E-state index in [1.807, 2.05) is 0 Å². The van der Waals surface area contributed by atoms with Gasteiger partial charge in [0.1, 0.15) is 12.6 Å². The van der Waals surface area contributed by atoms with E-state index in [0.29, 0.717) is 21.5 Å². The van der Waals surface area contributed by atoms with Crippen molar-refractivity contribution >= 4 is 62.3 Å². The standard InChI is InChI=1S/C35H33Cl3F3N3O4S/c1-22(2)42-34(46)32(18-24-7-5-4-6-8-24)43(20-25-11-15-30(37)31(38)17-25)33(45)21-44(49(47,48)27-13-9-23(3)10-14-27)26-12-16-29(36)28(19-26)35(39,40)41/h4-17,19,22,32H,18,20-21H2,1-3H3,(H,42,46)/t32-/m1/s1. The van der Waals surface area contributed by atoms with Crippen molar-refractivity contribution in [3.05, 3.63) is 128 Å². The quantitative estimate of drug-likeness (QED) is 0.158. The predicted molar refractivity (Wildman–Crippen MR) is 186 cm³/mol. The molecule has 4 aromatic carbocycles. The Morgan fingerprint density at radius 3 is 2.04 bits per heavy atom. The Hall–Kier alpha value is -3.77. The molecule has 4 rings (SSSR count). The normalized spacial score (nSPS) is 12.4. The van der Waals surface area contributed by atoms with E-state index in [2.05, 4.69) is 5.32 Å². The minimum Gasteiger partial charge on any atom is -0.352 e. The lowest BCUT2D eigenvalue weighted by Crippen LogP contribution is -2.54. The summed E-state index contributed by atoms with van der Waals surface area (Å²) in [6, 6.07) is 20.3. The van der Waals surface area contributed by atoms with Crippen LogP contribution in [0.3, 0.4) is 0 Å². The zero-order valence-electron chi connectivity index (χ0n) is 26.6. The third-order valence-electron chi connectivity index (χ3n) is 7.47. The highest BCUT2D eigenvalue weighted by Crippen LogP contribution is 2.38. The summed E-state index contributed by atoms with van der Waals surface area (Å²) in [7, 11) is -4.65. The molecule has 0 fully saturated rings. The van der Waals surface area contributed by atoms with Crippen LogP contribution in [0, 0.1) is 6.92 Å². The van der Waals surface area contributed by atoms with Crippen LogP contribution in [0.1, 0.15) is 36.1 Å². The zero-order valence-corrected chi connectivity index (χ0v) is 29.7. The molecule has 0 spiro atoms. The highest BCUT2D eigenvalue weighted by Gasteiger charge is 2.38. The van der Waals surface area contributed by atoms with Gasteiger partial charge in [-0.05, 0) is 74.4 Å². The smallest absolute Gasteiger partial charge is 0.352 e. The minimum absolute atomic E-state index is 0.0380. The van der Waals surface area contributed by atoms with Crippen LogP contribution in [0.2, 0.25) is 15.1 Å². The summed E-state index contributed by atoms with van der Waals surface area (Å²) < 4.78 is 70.8. The van der Waals surface area contributed by atoms with E-state index in [-0.39, 0.29) is 33.9 Å². The number of halogens is 6. The molecule has 1 atom stereocenters. The summed E-state index contributed by atoms with van der Waals surface area (Å²) in [5.41, 5.74) is 0.174. The fourth-order valence-corrected chi connectivity index (χ4v) is 6.97. The average molecular weight is 755 g/mol. The fourth-order valence-electron chi connectivity index (χ4n) is 5.02. The molecule has 2 amide bonds. The number of benzene rings is 4. The Morgan fingerprint density at radius 2 is 1.45 bits per heavy atom. The van der Waals surface area contributed by atoms with Gasteiger partial charge in [0.25, 0.3) is 10.0 Å². The number of aryl methyl sites for hydroxylation is 1. The van der Waals surface area contributed by atoms with E-state index >= 15 is 0 Å². The highest BCUT2D eigenvalue weighted by atomic mass is 35.5. The van der Waals surface area contributed by atoms with Gasteiger partial charge in [0.2, 0.25) is 11.8 Å². The van der Waals surface area contributed by atoms with Crippen molar-refractivity contribution in [3.8, 4) is 0 Å². The number of sulfonamides is 1. The van der Waals surface area contributed by atoms with Crippen molar-refractivity contribution in [1.29, 1.82) is 0 Å². The largest absolute Gasteiger partial charge is 0.417 e. The molecule has 0 saturated carbocycles. The lowest BCUT2D eigenvalue weighted by Gasteiger charge is -2.34. The SMILES string of the molecule is Cc1ccc(S(=O)(=O)N(CC(=O)N(Cc2ccc(Cl)c(Cl)c2)[C@H](Cc2ccccc2)C(=O)NC(C)C)c2ccc(Cl)c(C(F)(F)F)c2)cc1. The molecule has 49 heavy (non-hydrogen) atoms. The molecule has 7 nitrogen and oxygen atoms in total. The van der Waals surface area contributed by atoms with Crippen LogP contribution in [0.15, 0.2) is 95.9 Å². The first kappa shape index (κ1) is 38.0. The summed E-state index contributed by atoms with van der Waals surface area (Å²) >= 11 is 18.3. The van der Waals surface area contributed by atoms with Gasteiger partial charge >= 0.3 is 6.18 Å².